The molecule has 1 aromatic carbocycles. The molecule has 0 aliphatic heterocycles. The monoisotopic (exact) mass is 238 g/mol. The van der Waals surface area contributed by atoms with Crippen LogP contribution in [0.5, 0.6) is 0 Å². The van der Waals surface area contributed by atoms with Crippen LogP contribution in [0.1, 0.15) is 32.3 Å². The van der Waals surface area contributed by atoms with Gasteiger partial charge in [0.25, 0.3) is 0 Å². The highest BCUT2D eigenvalue weighted by atomic mass is 14.4. The first kappa shape index (κ1) is 11.8. The van der Waals surface area contributed by atoms with E-state index in [9.17, 15) is 0 Å². The first-order valence-corrected chi connectivity index (χ1v) is 7.17. The zero-order valence-corrected chi connectivity index (χ0v) is 11.4. The number of hydrogen-bond donors (Lipinski definition) is 0. The van der Waals surface area contributed by atoms with Crippen LogP contribution < -0.4 is 0 Å². The quantitative estimate of drug-likeness (QED) is 0.695. The molecule has 94 valence electrons. The molecule has 0 saturated heterocycles. The van der Waals surface area contributed by atoms with Crippen molar-refractivity contribution < 1.29 is 0 Å². The van der Waals surface area contributed by atoms with Crippen molar-refractivity contribution in [3.8, 4) is 0 Å². The molecule has 2 aliphatic rings. The summed E-state index contributed by atoms with van der Waals surface area (Å²) >= 11 is 0. The average molecular weight is 238 g/mol. The maximum atomic E-state index is 2.55. The van der Waals surface area contributed by atoms with Gasteiger partial charge >= 0.3 is 0 Å². The van der Waals surface area contributed by atoms with Gasteiger partial charge in [-0.25, -0.2) is 0 Å². The van der Waals surface area contributed by atoms with Crippen molar-refractivity contribution in [2.45, 2.75) is 33.1 Å². The van der Waals surface area contributed by atoms with Gasteiger partial charge in [-0.05, 0) is 55.1 Å². The van der Waals surface area contributed by atoms with E-state index in [1.54, 1.807) is 5.57 Å². The minimum Gasteiger partial charge on any atom is -0.0785 e. The molecule has 0 amide bonds. The Kier molecular flexibility index (Phi) is 3.11. The Morgan fingerprint density at radius 2 is 1.83 bits per heavy atom. The van der Waals surface area contributed by atoms with Gasteiger partial charge in [0.05, 0.1) is 0 Å². The van der Waals surface area contributed by atoms with Crippen LogP contribution in [-0.2, 0) is 6.42 Å². The maximum absolute atomic E-state index is 2.55. The fourth-order valence-electron chi connectivity index (χ4n) is 3.73. The lowest BCUT2D eigenvalue weighted by molar-refractivity contribution is 0.429. The summed E-state index contributed by atoms with van der Waals surface area (Å²) in [5.74, 6) is 2.35. The smallest absolute Gasteiger partial charge is 0.0151 e. The molecule has 0 bridgehead atoms. The standard InChI is InChI=1S/C18H22/c1-13-8-14(2)18-12-16(11-17(18)9-13)10-15-6-4-3-5-7-15/h3-8,12-13,16-17H,9-11H2,1-2H3/t13-,16?,17-/m0/s1. The molecule has 3 atom stereocenters. The van der Waals surface area contributed by atoms with Crippen molar-refractivity contribution in [2.75, 3.05) is 0 Å². The van der Waals surface area contributed by atoms with E-state index < -0.39 is 0 Å². The molecular weight excluding hydrogens is 216 g/mol. The second-order valence-corrected chi connectivity index (χ2v) is 6.07. The van der Waals surface area contributed by atoms with Crippen molar-refractivity contribution in [3.63, 3.8) is 0 Å². The van der Waals surface area contributed by atoms with Crippen molar-refractivity contribution in [3.05, 3.63) is 59.2 Å². The SMILES string of the molecule is CC1=C[C@H](C)C[C@H]2CC(Cc3ccccc3)C=C12. The van der Waals surface area contributed by atoms with Crippen LogP contribution in [0.15, 0.2) is 53.6 Å². The molecule has 0 heterocycles. The van der Waals surface area contributed by atoms with Crippen molar-refractivity contribution >= 4 is 0 Å². The van der Waals surface area contributed by atoms with Gasteiger partial charge < -0.3 is 0 Å². The molecule has 0 nitrogen and oxygen atoms in total. The minimum atomic E-state index is 0.751. The number of fused-ring (bicyclic) bond motifs is 1. The van der Waals surface area contributed by atoms with Crippen molar-refractivity contribution in [1.29, 1.82) is 0 Å². The van der Waals surface area contributed by atoms with E-state index in [1.807, 2.05) is 0 Å². The fraction of sp³-hybridized carbons (Fsp3) is 0.444. The van der Waals surface area contributed by atoms with Gasteiger partial charge in [0.1, 0.15) is 0 Å². The summed E-state index contributed by atoms with van der Waals surface area (Å²) in [7, 11) is 0. The third-order valence-corrected chi connectivity index (χ3v) is 4.43. The van der Waals surface area contributed by atoms with Crippen LogP contribution in [0.4, 0.5) is 0 Å². The van der Waals surface area contributed by atoms with E-state index in [1.165, 1.54) is 30.4 Å². The fourth-order valence-corrected chi connectivity index (χ4v) is 3.73. The van der Waals surface area contributed by atoms with Gasteiger partial charge in [-0.3, -0.25) is 0 Å². The molecule has 0 saturated carbocycles. The molecule has 2 aliphatic carbocycles. The van der Waals surface area contributed by atoms with Crippen LogP contribution in [0.3, 0.4) is 0 Å². The molecule has 18 heavy (non-hydrogen) atoms. The Labute approximate surface area is 110 Å². The van der Waals surface area contributed by atoms with Gasteiger partial charge in [0, 0.05) is 0 Å². The van der Waals surface area contributed by atoms with Crippen LogP contribution in [-0.4, -0.2) is 0 Å². The second kappa shape index (κ2) is 4.76. The second-order valence-electron chi connectivity index (χ2n) is 6.07. The molecule has 0 radical (unpaired) electrons. The molecule has 0 spiro atoms. The highest BCUT2D eigenvalue weighted by molar-refractivity contribution is 5.38. The number of allylic oxidation sites excluding steroid dienone is 4. The predicted molar refractivity (Wildman–Crippen MR) is 77.4 cm³/mol. The van der Waals surface area contributed by atoms with E-state index in [0.717, 1.165) is 17.8 Å². The summed E-state index contributed by atoms with van der Waals surface area (Å²) in [6, 6.07) is 10.9. The van der Waals surface area contributed by atoms with Crippen LogP contribution in [0, 0.1) is 17.8 Å². The Balaban J connectivity index is 1.74. The van der Waals surface area contributed by atoms with E-state index in [2.05, 4.69) is 56.3 Å². The maximum Gasteiger partial charge on any atom is -0.0151 e. The Hall–Kier alpha value is -1.30. The third kappa shape index (κ3) is 2.29. The van der Waals surface area contributed by atoms with Crippen LogP contribution in [0.2, 0.25) is 0 Å². The molecule has 1 unspecified atom stereocenters. The van der Waals surface area contributed by atoms with E-state index in [4.69, 9.17) is 0 Å². The summed E-state index contributed by atoms with van der Waals surface area (Å²) in [6.07, 6.45) is 8.93. The predicted octanol–water partition coefficient (Wildman–Crippen LogP) is 4.78. The zero-order chi connectivity index (χ0) is 12.5. The molecule has 1 aromatic rings. The van der Waals surface area contributed by atoms with Crippen molar-refractivity contribution in [2.24, 2.45) is 17.8 Å². The lowest BCUT2D eigenvalue weighted by Gasteiger charge is -2.24. The third-order valence-electron chi connectivity index (χ3n) is 4.43. The molecular formula is C18H22. The summed E-state index contributed by atoms with van der Waals surface area (Å²) in [5.41, 5.74) is 4.66. The Bertz CT molecular complexity index is 478. The van der Waals surface area contributed by atoms with E-state index in [-0.39, 0.29) is 0 Å². The van der Waals surface area contributed by atoms with Gasteiger partial charge in [0.15, 0.2) is 0 Å². The van der Waals surface area contributed by atoms with Gasteiger partial charge in [-0.15, -0.1) is 0 Å². The van der Waals surface area contributed by atoms with E-state index in [0.29, 0.717) is 0 Å². The lowest BCUT2D eigenvalue weighted by Crippen LogP contribution is -2.12. The highest BCUT2D eigenvalue weighted by Crippen LogP contribution is 2.43. The molecule has 0 heteroatoms. The van der Waals surface area contributed by atoms with E-state index >= 15 is 0 Å². The first-order chi connectivity index (χ1) is 8.72. The first-order valence-electron chi connectivity index (χ1n) is 7.17. The molecule has 3 rings (SSSR count). The average Bonchev–Trinajstić information content (AvgIpc) is 2.73. The molecule has 0 aromatic heterocycles. The summed E-state index contributed by atoms with van der Waals surface area (Å²) in [5, 5.41) is 0. The Morgan fingerprint density at radius 3 is 2.61 bits per heavy atom. The topological polar surface area (TPSA) is 0 Å². The summed E-state index contributed by atoms with van der Waals surface area (Å²) in [4.78, 5) is 0. The minimum absolute atomic E-state index is 0.751. The highest BCUT2D eigenvalue weighted by Gasteiger charge is 2.30. The largest absolute Gasteiger partial charge is 0.0785 e. The summed E-state index contributed by atoms with van der Waals surface area (Å²) in [6.45, 7) is 4.64. The number of hydrogen-bond acceptors (Lipinski definition) is 0. The zero-order valence-electron chi connectivity index (χ0n) is 11.4. The molecule has 0 fully saturated rings. The molecule has 0 N–H and O–H groups in total. The van der Waals surface area contributed by atoms with Crippen LogP contribution >= 0.6 is 0 Å². The summed E-state index contributed by atoms with van der Waals surface area (Å²) < 4.78 is 0. The Morgan fingerprint density at radius 1 is 1.06 bits per heavy atom. The van der Waals surface area contributed by atoms with Crippen molar-refractivity contribution in [1.82, 2.24) is 0 Å². The number of rotatable bonds is 2. The van der Waals surface area contributed by atoms with Gasteiger partial charge in [-0.1, -0.05) is 55.0 Å². The normalized spacial score (nSPS) is 30.7. The van der Waals surface area contributed by atoms with Crippen LogP contribution in [0.25, 0.3) is 0 Å². The lowest BCUT2D eigenvalue weighted by atomic mass is 9.80. The van der Waals surface area contributed by atoms with Gasteiger partial charge in [0.2, 0.25) is 0 Å². The number of benzene rings is 1. The van der Waals surface area contributed by atoms with Gasteiger partial charge in [-0.2, -0.15) is 0 Å².